The number of likely N-dealkylation sites (N-methyl/N-ethyl adjacent to an activating group) is 1. The Bertz CT molecular complexity index is 554. The van der Waals surface area contributed by atoms with Crippen LogP contribution in [0.1, 0.15) is 25.3 Å². The molecule has 0 amide bonds. The summed E-state index contributed by atoms with van der Waals surface area (Å²) in [7, 11) is -3.00. The van der Waals surface area contributed by atoms with E-state index in [-0.39, 0.29) is 5.75 Å². The van der Waals surface area contributed by atoms with Crippen LogP contribution in [0.2, 0.25) is 0 Å². The Morgan fingerprint density at radius 3 is 2.45 bits per heavy atom. The minimum absolute atomic E-state index is 0.165. The van der Waals surface area contributed by atoms with E-state index in [1.807, 2.05) is 6.92 Å². The monoisotopic (exact) mass is 296 g/mol. The maximum absolute atomic E-state index is 12.0. The van der Waals surface area contributed by atoms with Crippen LogP contribution in [-0.2, 0) is 9.84 Å². The fraction of sp³-hybridized carbons (Fsp3) is 0.600. The van der Waals surface area contributed by atoms with Crippen LogP contribution in [0.3, 0.4) is 0 Å². The van der Waals surface area contributed by atoms with Crippen LogP contribution in [0.15, 0.2) is 24.3 Å². The molecule has 5 heteroatoms. The van der Waals surface area contributed by atoms with E-state index in [1.165, 1.54) is 5.56 Å². The van der Waals surface area contributed by atoms with Gasteiger partial charge in [0.15, 0.2) is 9.84 Å². The molecule has 0 radical (unpaired) electrons. The summed E-state index contributed by atoms with van der Waals surface area (Å²) in [5.74, 6) is 0.457. The van der Waals surface area contributed by atoms with Gasteiger partial charge in [0.1, 0.15) is 0 Å². The van der Waals surface area contributed by atoms with E-state index in [0.29, 0.717) is 18.7 Å². The van der Waals surface area contributed by atoms with Gasteiger partial charge in [0.05, 0.1) is 17.0 Å². The van der Waals surface area contributed by atoms with Crippen molar-refractivity contribution in [3.8, 4) is 0 Å². The normalized spacial score (nSPS) is 25.4. The van der Waals surface area contributed by atoms with Crippen molar-refractivity contribution in [1.82, 2.24) is 0 Å². The van der Waals surface area contributed by atoms with Gasteiger partial charge in [-0.25, -0.2) is 8.42 Å². The fourth-order valence-electron chi connectivity index (χ4n) is 3.18. The van der Waals surface area contributed by atoms with Gasteiger partial charge < -0.3 is 10.6 Å². The number of aryl methyl sites for hydroxylation is 1. The molecule has 0 saturated carbocycles. The lowest BCUT2D eigenvalue weighted by molar-refractivity contribution is 0.386. The van der Waals surface area contributed by atoms with Crippen molar-refractivity contribution in [2.24, 2.45) is 5.73 Å². The van der Waals surface area contributed by atoms with E-state index < -0.39 is 15.4 Å². The van der Waals surface area contributed by atoms with Crippen LogP contribution in [0.25, 0.3) is 0 Å². The van der Waals surface area contributed by atoms with Crippen molar-refractivity contribution in [1.29, 1.82) is 0 Å². The van der Waals surface area contributed by atoms with Gasteiger partial charge in [-0.1, -0.05) is 17.7 Å². The first-order chi connectivity index (χ1) is 9.42. The molecule has 1 atom stereocenters. The Balaban J connectivity index is 2.39. The number of nitrogens with zero attached hydrogens (tertiary/aromatic N) is 1. The molecule has 1 heterocycles. The summed E-state index contributed by atoms with van der Waals surface area (Å²) < 4.78 is 24.1. The number of hydrogen-bond acceptors (Lipinski definition) is 4. The first-order valence-electron chi connectivity index (χ1n) is 7.17. The molecular weight excluding hydrogens is 272 g/mol. The minimum Gasteiger partial charge on any atom is -0.364 e. The predicted octanol–water partition coefficient (Wildman–Crippen LogP) is 1.73. The first kappa shape index (κ1) is 15.3. The third-order valence-corrected chi connectivity index (χ3v) is 6.09. The Kier molecular flexibility index (Phi) is 4.39. The van der Waals surface area contributed by atoms with E-state index in [4.69, 9.17) is 5.73 Å². The van der Waals surface area contributed by atoms with E-state index >= 15 is 0 Å². The lowest BCUT2D eigenvalue weighted by atomic mass is 9.92. The van der Waals surface area contributed by atoms with Crippen LogP contribution in [0.4, 0.5) is 5.69 Å². The van der Waals surface area contributed by atoms with Gasteiger partial charge in [-0.05, 0) is 38.8 Å². The molecule has 1 saturated heterocycles. The van der Waals surface area contributed by atoms with E-state index in [2.05, 4.69) is 36.1 Å². The molecule has 4 nitrogen and oxygen atoms in total. The summed E-state index contributed by atoms with van der Waals surface area (Å²) in [6.45, 7) is 5.23. The van der Waals surface area contributed by atoms with Gasteiger partial charge in [-0.3, -0.25) is 0 Å². The molecule has 0 bridgehead atoms. The Labute approximate surface area is 121 Å². The highest BCUT2D eigenvalue weighted by atomic mass is 32.2. The van der Waals surface area contributed by atoms with Gasteiger partial charge in [0.25, 0.3) is 0 Å². The number of rotatable bonds is 4. The lowest BCUT2D eigenvalue weighted by Gasteiger charge is -2.46. The third kappa shape index (κ3) is 2.99. The zero-order chi connectivity index (χ0) is 14.8. The second-order valence-electron chi connectivity index (χ2n) is 5.70. The predicted molar refractivity (Wildman–Crippen MR) is 83.9 cm³/mol. The van der Waals surface area contributed by atoms with Gasteiger partial charge in [-0.15, -0.1) is 0 Å². The zero-order valence-corrected chi connectivity index (χ0v) is 13.1. The first-order valence-corrected chi connectivity index (χ1v) is 8.99. The molecule has 1 fully saturated rings. The second-order valence-corrected chi connectivity index (χ2v) is 7.89. The number of hydrogen-bond donors (Lipinski definition) is 1. The molecule has 20 heavy (non-hydrogen) atoms. The number of benzene rings is 1. The third-order valence-electron chi connectivity index (χ3n) is 4.20. The van der Waals surface area contributed by atoms with E-state index in [1.54, 1.807) is 0 Å². The van der Waals surface area contributed by atoms with Crippen LogP contribution in [0.5, 0.6) is 0 Å². The molecule has 1 aromatic rings. The maximum atomic E-state index is 12.0. The average molecular weight is 296 g/mol. The van der Waals surface area contributed by atoms with E-state index in [0.717, 1.165) is 18.7 Å². The molecule has 1 unspecified atom stereocenters. The number of anilines is 1. The highest BCUT2D eigenvalue weighted by Gasteiger charge is 2.42. The van der Waals surface area contributed by atoms with Crippen LogP contribution < -0.4 is 10.6 Å². The largest absolute Gasteiger partial charge is 0.364 e. The summed E-state index contributed by atoms with van der Waals surface area (Å²) in [5.41, 5.74) is 7.79. The van der Waals surface area contributed by atoms with Gasteiger partial charge in [-0.2, -0.15) is 0 Å². The van der Waals surface area contributed by atoms with Crippen molar-refractivity contribution in [3.05, 3.63) is 29.8 Å². The topological polar surface area (TPSA) is 63.4 Å². The minimum atomic E-state index is -3.00. The van der Waals surface area contributed by atoms with Crippen molar-refractivity contribution < 1.29 is 8.42 Å². The van der Waals surface area contributed by atoms with Crippen molar-refractivity contribution >= 4 is 15.5 Å². The zero-order valence-electron chi connectivity index (χ0n) is 12.3. The van der Waals surface area contributed by atoms with Crippen LogP contribution >= 0.6 is 0 Å². The summed E-state index contributed by atoms with van der Waals surface area (Å²) in [6.07, 6.45) is 1.53. The van der Waals surface area contributed by atoms with E-state index in [9.17, 15) is 8.42 Å². The molecule has 1 aliphatic rings. The standard InChI is InChI=1S/C15H24N2O2S/c1-3-17(14-7-5-13(2)6-8-14)15(11-16)9-4-10-20(18,19)12-15/h5-8H,3-4,9-12,16H2,1-2H3. The molecule has 2 N–H and O–H groups in total. The van der Waals surface area contributed by atoms with Gasteiger partial charge in [0.2, 0.25) is 0 Å². The lowest BCUT2D eigenvalue weighted by Crippen LogP contribution is -2.60. The van der Waals surface area contributed by atoms with Crippen LogP contribution in [0, 0.1) is 6.92 Å². The SMILES string of the molecule is CCN(c1ccc(C)cc1)C1(CN)CCCS(=O)(=O)C1. The highest BCUT2D eigenvalue weighted by Crippen LogP contribution is 2.32. The van der Waals surface area contributed by atoms with Gasteiger partial charge >= 0.3 is 0 Å². The molecule has 2 rings (SSSR count). The van der Waals surface area contributed by atoms with Crippen molar-refractivity contribution in [3.63, 3.8) is 0 Å². The van der Waals surface area contributed by atoms with Crippen molar-refractivity contribution in [2.45, 2.75) is 32.2 Å². The summed E-state index contributed by atoms with van der Waals surface area (Å²) in [6, 6.07) is 8.22. The summed E-state index contributed by atoms with van der Waals surface area (Å²) in [4.78, 5) is 2.17. The fourth-order valence-corrected chi connectivity index (χ4v) is 5.14. The number of nitrogens with two attached hydrogens (primary N) is 1. The molecule has 1 aliphatic heterocycles. The molecule has 0 aromatic heterocycles. The summed E-state index contributed by atoms with van der Waals surface area (Å²) >= 11 is 0. The average Bonchev–Trinajstić information content (AvgIpc) is 2.40. The molecule has 1 aromatic carbocycles. The van der Waals surface area contributed by atoms with Crippen LogP contribution in [-0.4, -0.2) is 38.6 Å². The quantitative estimate of drug-likeness (QED) is 0.919. The molecule has 0 aliphatic carbocycles. The smallest absolute Gasteiger partial charge is 0.152 e. The maximum Gasteiger partial charge on any atom is 0.152 e. The Morgan fingerprint density at radius 2 is 1.95 bits per heavy atom. The Morgan fingerprint density at radius 1 is 1.30 bits per heavy atom. The van der Waals surface area contributed by atoms with Crippen molar-refractivity contribution in [2.75, 3.05) is 29.5 Å². The van der Waals surface area contributed by atoms with Gasteiger partial charge in [0, 0.05) is 18.8 Å². The molecule has 112 valence electrons. The molecule has 0 spiro atoms. The molecular formula is C15H24N2O2S. The second kappa shape index (κ2) is 5.74. The highest BCUT2D eigenvalue weighted by molar-refractivity contribution is 7.91. The Hall–Kier alpha value is -1.07. The summed E-state index contributed by atoms with van der Waals surface area (Å²) in [5, 5.41) is 0. The number of sulfone groups is 1.